The number of epoxide rings is 1. The maximum absolute atomic E-state index is 13.0. The summed E-state index contributed by atoms with van der Waals surface area (Å²) in [5.74, 6) is -1.28. The third kappa shape index (κ3) is 29.9. The Morgan fingerprint density at radius 1 is 0.529 bits per heavy atom. The number of hydrogen-bond acceptors (Lipinski definition) is 14. The second-order valence-corrected chi connectivity index (χ2v) is 20.5. The summed E-state index contributed by atoms with van der Waals surface area (Å²) in [6.07, 6.45) is 28.1. The molecule has 2 rings (SSSR count). The molecule has 1 saturated carbocycles. The molecule has 1 heterocycles. The Kier molecular flexibility index (Phi) is 33.6. The Bertz CT molecular complexity index is 1570. The molecule has 68 heavy (non-hydrogen) atoms. The molecule has 19 heteroatoms. The van der Waals surface area contributed by atoms with E-state index < -0.39 is 83.5 Å². The van der Waals surface area contributed by atoms with Crippen molar-refractivity contribution in [3.8, 4) is 0 Å². The highest BCUT2D eigenvalue weighted by atomic mass is 31.2. The van der Waals surface area contributed by atoms with Crippen molar-refractivity contribution in [3.63, 3.8) is 0 Å². The number of rotatable bonds is 41. The highest BCUT2D eigenvalue weighted by Crippen LogP contribution is 2.49. The number of carbonyl (C=O) groups excluding carboxylic acids is 2. The molecule has 17 nitrogen and oxygen atoms in total. The minimum Gasteiger partial charge on any atom is -0.462 e. The normalized spacial score (nSPS) is 24.6. The fraction of sp³-hybridized carbons (Fsp3) is 0.796. The molecule has 0 amide bonds. The molecule has 10 atom stereocenters. The van der Waals surface area contributed by atoms with Crippen LogP contribution >= 0.6 is 15.6 Å². The Hall–Kier alpha value is -2.08. The Morgan fingerprint density at radius 3 is 1.59 bits per heavy atom. The van der Waals surface area contributed by atoms with E-state index in [-0.39, 0.29) is 18.9 Å². The van der Waals surface area contributed by atoms with E-state index in [0.717, 1.165) is 77.0 Å². The van der Waals surface area contributed by atoms with E-state index in [4.69, 9.17) is 23.3 Å². The number of phosphoric ester groups is 2. The molecule has 1 aliphatic heterocycles. The summed E-state index contributed by atoms with van der Waals surface area (Å²) in [7, 11) is -10.7. The third-order valence-corrected chi connectivity index (χ3v) is 13.3. The average molecular weight is 1010 g/mol. The van der Waals surface area contributed by atoms with Crippen LogP contribution in [0.25, 0.3) is 0 Å². The lowest BCUT2D eigenvalue weighted by Crippen LogP contribution is -2.64. The van der Waals surface area contributed by atoms with Crippen LogP contribution in [0.4, 0.5) is 0 Å². The molecule has 7 N–H and O–H groups in total. The number of ether oxygens (including phenoxy) is 3. The number of carbonyl (C=O) groups is 2. The van der Waals surface area contributed by atoms with Crippen LogP contribution in [0.15, 0.2) is 48.6 Å². The fourth-order valence-corrected chi connectivity index (χ4v) is 9.24. The summed E-state index contributed by atoms with van der Waals surface area (Å²) < 4.78 is 55.2. The molecule has 0 bridgehead atoms. The summed E-state index contributed by atoms with van der Waals surface area (Å²) >= 11 is 0. The summed E-state index contributed by atoms with van der Waals surface area (Å²) in [5, 5.41) is 41.3. The Balaban J connectivity index is 1.79. The van der Waals surface area contributed by atoms with Crippen molar-refractivity contribution < 1.29 is 81.6 Å². The van der Waals surface area contributed by atoms with E-state index in [1.807, 2.05) is 12.2 Å². The maximum Gasteiger partial charge on any atom is 0.472 e. The monoisotopic (exact) mass is 1010 g/mol. The zero-order chi connectivity index (χ0) is 50.0. The topological polar surface area (TPSA) is 269 Å². The number of aliphatic hydroxyl groups is 4. The molecule has 0 aromatic carbocycles. The average Bonchev–Trinajstić information content (AvgIpc) is 4.05. The van der Waals surface area contributed by atoms with Crippen molar-refractivity contribution in [2.24, 2.45) is 0 Å². The molecule has 1 saturated heterocycles. The second kappa shape index (κ2) is 36.8. The summed E-state index contributed by atoms with van der Waals surface area (Å²) in [5.41, 5.74) is 0. The van der Waals surface area contributed by atoms with Gasteiger partial charge in [0.2, 0.25) is 0 Å². The second-order valence-electron chi connectivity index (χ2n) is 17.9. The van der Waals surface area contributed by atoms with E-state index in [0.29, 0.717) is 25.4 Å². The van der Waals surface area contributed by atoms with Crippen molar-refractivity contribution >= 4 is 27.6 Å². The molecule has 1 aliphatic carbocycles. The zero-order valence-electron chi connectivity index (χ0n) is 40.7. The quantitative estimate of drug-likeness (QED) is 0.00989. The molecule has 2 fully saturated rings. The number of esters is 2. The molecule has 0 spiro atoms. The highest BCUT2D eigenvalue weighted by Gasteiger charge is 2.54. The molecule has 0 radical (unpaired) electrons. The van der Waals surface area contributed by atoms with E-state index >= 15 is 0 Å². The lowest BCUT2D eigenvalue weighted by molar-refractivity contribution is -0.216. The van der Waals surface area contributed by atoms with Crippen LogP contribution in [0.5, 0.6) is 0 Å². The van der Waals surface area contributed by atoms with Gasteiger partial charge in [-0.15, -0.1) is 0 Å². The van der Waals surface area contributed by atoms with Gasteiger partial charge in [0.25, 0.3) is 0 Å². The minimum atomic E-state index is -5.37. The molecule has 0 aromatic heterocycles. The first-order valence-electron chi connectivity index (χ1n) is 25.3. The predicted molar refractivity (Wildman–Crippen MR) is 259 cm³/mol. The third-order valence-electron chi connectivity index (χ3n) is 11.8. The van der Waals surface area contributed by atoms with Crippen molar-refractivity contribution in [3.05, 3.63) is 48.6 Å². The van der Waals surface area contributed by atoms with Gasteiger partial charge in [0.15, 0.2) is 6.10 Å². The van der Waals surface area contributed by atoms with Crippen molar-refractivity contribution in [1.82, 2.24) is 0 Å². The van der Waals surface area contributed by atoms with Gasteiger partial charge >= 0.3 is 27.6 Å². The first-order chi connectivity index (χ1) is 32.6. The first-order valence-corrected chi connectivity index (χ1v) is 28.3. The van der Waals surface area contributed by atoms with Crippen LogP contribution in [-0.2, 0) is 46.5 Å². The van der Waals surface area contributed by atoms with Crippen LogP contribution in [0.3, 0.4) is 0 Å². The number of allylic oxidation sites excluding steroid dienone is 6. The number of aliphatic hydroxyl groups excluding tert-OH is 4. The summed E-state index contributed by atoms with van der Waals surface area (Å²) in [6, 6.07) is 0. The molecular formula is C49H86O17P2. The number of hydrogen-bond donors (Lipinski definition) is 7. The smallest absolute Gasteiger partial charge is 0.462 e. The summed E-state index contributed by atoms with van der Waals surface area (Å²) in [6.45, 7) is 3.03. The van der Waals surface area contributed by atoms with Gasteiger partial charge < -0.3 is 49.3 Å². The van der Waals surface area contributed by atoms with Crippen LogP contribution in [0.1, 0.15) is 181 Å². The van der Waals surface area contributed by atoms with Crippen molar-refractivity contribution in [1.29, 1.82) is 0 Å². The van der Waals surface area contributed by atoms with E-state index in [9.17, 15) is 53.8 Å². The Labute approximate surface area is 405 Å². The van der Waals surface area contributed by atoms with Crippen LogP contribution in [0, 0.1) is 0 Å². The molecular weight excluding hydrogens is 922 g/mol. The van der Waals surface area contributed by atoms with Gasteiger partial charge in [0.05, 0.1) is 18.8 Å². The van der Waals surface area contributed by atoms with E-state index in [1.54, 1.807) is 0 Å². The largest absolute Gasteiger partial charge is 0.472 e. The Morgan fingerprint density at radius 2 is 0.985 bits per heavy atom. The van der Waals surface area contributed by atoms with Gasteiger partial charge in [-0.2, -0.15) is 0 Å². The van der Waals surface area contributed by atoms with Crippen molar-refractivity contribution in [2.45, 2.75) is 236 Å². The number of phosphoric acid groups is 2. The minimum absolute atomic E-state index is 0.0238. The molecule has 2 aliphatic rings. The lowest BCUT2D eigenvalue weighted by Gasteiger charge is -2.43. The van der Waals surface area contributed by atoms with Gasteiger partial charge in [0, 0.05) is 12.8 Å². The van der Waals surface area contributed by atoms with Crippen LogP contribution in [-0.4, -0.2) is 115 Å². The van der Waals surface area contributed by atoms with Gasteiger partial charge in [-0.3, -0.25) is 23.2 Å². The lowest BCUT2D eigenvalue weighted by atomic mass is 9.85. The van der Waals surface area contributed by atoms with Gasteiger partial charge in [-0.25, -0.2) is 9.13 Å². The number of unbranched alkanes of at least 4 members (excludes halogenated alkanes) is 17. The first kappa shape index (κ1) is 62.0. The van der Waals surface area contributed by atoms with Gasteiger partial charge in [-0.1, -0.05) is 140 Å². The molecule has 0 aromatic rings. The van der Waals surface area contributed by atoms with Gasteiger partial charge in [-0.05, 0) is 77.0 Å². The van der Waals surface area contributed by atoms with Crippen molar-refractivity contribution in [2.75, 3.05) is 13.2 Å². The molecule has 394 valence electrons. The highest BCUT2D eigenvalue weighted by molar-refractivity contribution is 7.47. The summed E-state index contributed by atoms with van der Waals surface area (Å²) in [4.78, 5) is 54.4. The SMILES string of the molecule is CCCCC/C=C\CC1OC1C/C=C\C/C=C\CCCC(=O)OC[C@H](COP(=O)(O)O[C@H]1C(O)C(O)C(O)[C@@H](OP(=O)(O)O)C1O)OC(=O)CCCCCCCCC/C=C\CCCCCCCC. The maximum atomic E-state index is 13.0. The fourth-order valence-electron chi connectivity index (χ4n) is 7.70. The van der Waals surface area contributed by atoms with Crippen LogP contribution < -0.4 is 0 Å². The van der Waals surface area contributed by atoms with E-state index in [1.165, 1.54) is 57.8 Å². The van der Waals surface area contributed by atoms with Gasteiger partial charge in [0.1, 0.15) is 43.2 Å². The van der Waals surface area contributed by atoms with E-state index in [2.05, 4.69) is 54.8 Å². The zero-order valence-corrected chi connectivity index (χ0v) is 42.5. The molecule has 7 unspecified atom stereocenters. The predicted octanol–water partition coefficient (Wildman–Crippen LogP) is 9.05. The standard InChI is InChI=1S/C49H86O17P2/c1-3-5-7-9-11-12-13-14-15-16-17-18-19-20-23-28-32-36-43(51)63-39(38-62-68(59,60)66-49-46(54)44(52)45(53)48(47(49)55)65-67(56,57)58)37-61-42(50)35-31-27-24-21-22-26-30-34-41-40(64-41)33-29-25-10-8-6-4-2/h14-15,21,24-26,29-30,39-41,44-49,52-55H,3-13,16-20,22-23,27-28,31-38H2,1-2H3,(H,59,60)(H2,56,57,58)/b15-14-,24-21-,29-25-,30-26-/t39-,40?,41?,44?,45?,46?,47?,48-,49+/m1/s1. The van der Waals surface area contributed by atoms with Crippen LogP contribution in [0.2, 0.25) is 0 Å².